The second kappa shape index (κ2) is 5.63. The van der Waals surface area contributed by atoms with E-state index in [2.05, 4.69) is 35.3 Å². The van der Waals surface area contributed by atoms with Crippen molar-refractivity contribution in [2.24, 2.45) is 0 Å². The van der Waals surface area contributed by atoms with E-state index in [0.717, 1.165) is 29.2 Å². The van der Waals surface area contributed by atoms with Gasteiger partial charge in [0, 0.05) is 5.56 Å². The van der Waals surface area contributed by atoms with Gasteiger partial charge in [0.25, 0.3) is 5.89 Å². The van der Waals surface area contributed by atoms with Crippen LogP contribution in [0.1, 0.15) is 31.0 Å². The van der Waals surface area contributed by atoms with Crippen molar-refractivity contribution in [3.8, 4) is 11.5 Å². The van der Waals surface area contributed by atoms with E-state index in [1.807, 2.05) is 24.3 Å². The molecule has 3 aromatic rings. The van der Waals surface area contributed by atoms with Gasteiger partial charge in [-0.3, -0.25) is 0 Å². The minimum Gasteiger partial charge on any atom is -0.334 e. The summed E-state index contributed by atoms with van der Waals surface area (Å²) < 4.78 is 5.38. The zero-order valence-electron chi connectivity index (χ0n) is 11.2. The molecule has 0 N–H and O–H groups in total. The predicted molar refractivity (Wildman–Crippen MR) is 80.7 cm³/mol. The minimum absolute atomic E-state index is 0.188. The van der Waals surface area contributed by atoms with Gasteiger partial charge in [-0.2, -0.15) is 4.98 Å². The molecule has 1 atom stereocenters. The average molecular weight is 287 g/mol. The molecule has 0 aliphatic heterocycles. The van der Waals surface area contributed by atoms with E-state index in [-0.39, 0.29) is 5.38 Å². The normalized spacial score (nSPS) is 12.7. The fourth-order valence-electron chi connectivity index (χ4n) is 2.27. The number of rotatable bonds is 4. The minimum atomic E-state index is -0.188. The van der Waals surface area contributed by atoms with Gasteiger partial charge in [0.1, 0.15) is 0 Å². The number of alkyl halides is 1. The van der Waals surface area contributed by atoms with Gasteiger partial charge in [0.2, 0.25) is 0 Å². The molecule has 0 spiro atoms. The summed E-state index contributed by atoms with van der Waals surface area (Å²) >= 11 is 6.24. The summed E-state index contributed by atoms with van der Waals surface area (Å²) in [6, 6.07) is 14.2. The molecule has 0 aliphatic carbocycles. The first kappa shape index (κ1) is 13.1. The number of hydrogen-bond donors (Lipinski definition) is 0. The second-order valence-electron chi connectivity index (χ2n) is 4.74. The van der Waals surface area contributed by atoms with Crippen molar-refractivity contribution in [1.29, 1.82) is 0 Å². The van der Waals surface area contributed by atoms with Crippen LogP contribution in [0.5, 0.6) is 0 Å². The molecule has 102 valence electrons. The Labute approximate surface area is 122 Å². The van der Waals surface area contributed by atoms with Gasteiger partial charge in [-0.15, -0.1) is 11.6 Å². The number of benzene rings is 2. The SMILES string of the molecule is CCCC(Cl)c1noc(-c2cccc3ccccc23)n1. The monoisotopic (exact) mass is 286 g/mol. The molecule has 0 radical (unpaired) electrons. The fraction of sp³-hybridized carbons (Fsp3) is 0.250. The van der Waals surface area contributed by atoms with Crippen LogP contribution in [0.4, 0.5) is 0 Å². The first-order chi connectivity index (χ1) is 9.79. The van der Waals surface area contributed by atoms with E-state index in [4.69, 9.17) is 16.1 Å². The Hall–Kier alpha value is -1.87. The van der Waals surface area contributed by atoms with Crippen LogP contribution in [0.3, 0.4) is 0 Å². The maximum Gasteiger partial charge on any atom is 0.258 e. The molecule has 0 fully saturated rings. The smallest absolute Gasteiger partial charge is 0.258 e. The molecule has 0 bridgehead atoms. The van der Waals surface area contributed by atoms with Crippen LogP contribution in [-0.2, 0) is 0 Å². The van der Waals surface area contributed by atoms with Crippen molar-refractivity contribution in [1.82, 2.24) is 10.1 Å². The van der Waals surface area contributed by atoms with Gasteiger partial charge in [0.15, 0.2) is 5.82 Å². The maximum atomic E-state index is 6.24. The molecule has 0 aliphatic rings. The lowest BCUT2D eigenvalue weighted by Crippen LogP contribution is -1.92. The Kier molecular flexibility index (Phi) is 3.70. The van der Waals surface area contributed by atoms with E-state index in [0.29, 0.717) is 11.7 Å². The summed E-state index contributed by atoms with van der Waals surface area (Å²) in [5, 5.41) is 6.07. The number of hydrogen-bond acceptors (Lipinski definition) is 3. The van der Waals surface area contributed by atoms with Gasteiger partial charge in [0.05, 0.1) is 5.38 Å². The predicted octanol–water partition coefficient (Wildman–Crippen LogP) is 4.97. The topological polar surface area (TPSA) is 38.9 Å². The molecule has 20 heavy (non-hydrogen) atoms. The molecule has 0 saturated carbocycles. The number of halogens is 1. The maximum absolute atomic E-state index is 6.24. The zero-order chi connectivity index (χ0) is 13.9. The lowest BCUT2D eigenvalue weighted by molar-refractivity contribution is 0.421. The molecule has 0 amide bonds. The van der Waals surface area contributed by atoms with Crippen molar-refractivity contribution in [3.05, 3.63) is 48.3 Å². The summed E-state index contributed by atoms with van der Waals surface area (Å²) in [6.45, 7) is 2.08. The van der Waals surface area contributed by atoms with Gasteiger partial charge >= 0.3 is 0 Å². The third-order valence-electron chi connectivity index (χ3n) is 3.28. The molecule has 4 heteroatoms. The highest BCUT2D eigenvalue weighted by molar-refractivity contribution is 6.20. The summed E-state index contributed by atoms with van der Waals surface area (Å²) in [5.41, 5.74) is 0.946. The van der Waals surface area contributed by atoms with Crippen molar-refractivity contribution in [3.63, 3.8) is 0 Å². The molecule has 1 aromatic heterocycles. The quantitative estimate of drug-likeness (QED) is 0.636. The highest BCUT2D eigenvalue weighted by Crippen LogP contribution is 2.30. The highest BCUT2D eigenvalue weighted by atomic mass is 35.5. The number of aromatic nitrogens is 2. The average Bonchev–Trinajstić information content (AvgIpc) is 2.97. The van der Waals surface area contributed by atoms with Gasteiger partial charge in [-0.25, -0.2) is 0 Å². The van der Waals surface area contributed by atoms with Crippen molar-refractivity contribution >= 4 is 22.4 Å². The first-order valence-electron chi connectivity index (χ1n) is 6.75. The Morgan fingerprint density at radius 3 is 2.80 bits per heavy atom. The molecule has 1 unspecified atom stereocenters. The van der Waals surface area contributed by atoms with Crippen molar-refractivity contribution in [2.75, 3.05) is 0 Å². The van der Waals surface area contributed by atoms with Crippen molar-refractivity contribution in [2.45, 2.75) is 25.1 Å². The third-order valence-corrected chi connectivity index (χ3v) is 3.70. The highest BCUT2D eigenvalue weighted by Gasteiger charge is 2.17. The Morgan fingerprint density at radius 2 is 1.95 bits per heavy atom. The largest absolute Gasteiger partial charge is 0.334 e. The van der Waals surface area contributed by atoms with Crippen LogP contribution in [0.2, 0.25) is 0 Å². The van der Waals surface area contributed by atoms with Gasteiger partial charge < -0.3 is 4.52 Å². The van der Waals surface area contributed by atoms with E-state index in [9.17, 15) is 0 Å². The number of fused-ring (bicyclic) bond motifs is 1. The Balaban J connectivity index is 2.03. The van der Waals surface area contributed by atoms with Crippen LogP contribution >= 0.6 is 11.6 Å². The summed E-state index contributed by atoms with van der Waals surface area (Å²) in [6.07, 6.45) is 1.84. The molecule has 0 saturated heterocycles. The third kappa shape index (κ3) is 2.41. The van der Waals surface area contributed by atoms with E-state index in [1.165, 1.54) is 0 Å². The van der Waals surface area contributed by atoms with Crippen LogP contribution in [-0.4, -0.2) is 10.1 Å². The standard InChI is InChI=1S/C16H15ClN2O/c1-2-6-14(17)15-18-16(20-19-15)13-10-5-8-11-7-3-4-9-12(11)13/h3-5,7-10,14H,2,6H2,1H3. The summed E-state index contributed by atoms with van der Waals surface area (Å²) in [7, 11) is 0. The molecule has 2 aromatic carbocycles. The van der Waals surface area contributed by atoms with Gasteiger partial charge in [-0.05, 0) is 23.3 Å². The van der Waals surface area contributed by atoms with Crippen LogP contribution in [0.15, 0.2) is 47.0 Å². The second-order valence-corrected chi connectivity index (χ2v) is 5.27. The van der Waals surface area contributed by atoms with Gasteiger partial charge in [-0.1, -0.05) is 54.9 Å². The van der Waals surface area contributed by atoms with E-state index >= 15 is 0 Å². The molecule has 3 rings (SSSR count). The molecular formula is C16H15ClN2O. The molecule has 3 nitrogen and oxygen atoms in total. The van der Waals surface area contributed by atoms with Crippen LogP contribution in [0.25, 0.3) is 22.2 Å². The Morgan fingerprint density at radius 1 is 1.15 bits per heavy atom. The van der Waals surface area contributed by atoms with Crippen LogP contribution in [0, 0.1) is 0 Å². The van der Waals surface area contributed by atoms with E-state index < -0.39 is 0 Å². The lowest BCUT2D eigenvalue weighted by Gasteiger charge is -2.02. The fourth-order valence-corrected chi connectivity index (χ4v) is 2.57. The molecule has 1 heterocycles. The summed E-state index contributed by atoms with van der Waals surface area (Å²) in [4.78, 5) is 4.44. The zero-order valence-corrected chi connectivity index (χ0v) is 12.0. The Bertz CT molecular complexity index is 718. The first-order valence-corrected chi connectivity index (χ1v) is 7.19. The molecular weight excluding hydrogens is 272 g/mol. The lowest BCUT2D eigenvalue weighted by atomic mass is 10.0. The van der Waals surface area contributed by atoms with Crippen molar-refractivity contribution < 1.29 is 4.52 Å². The van der Waals surface area contributed by atoms with Crippen LogP contribution < -0.4 is 0 Å². The number of nitrogens with zero attached hydrogens (tertiary/aromatic N) is 2. The summed E-state index contributed by atoms with van der Waals surface area (Å²) in [5.74, 6) is 1.09. The van der Waals surface area contributed by atoms with E-state index in [1.54, 1.807) is 0 Å².